The highest BCUT2D eigenvalue weighted by atomic mass is 35.5. The van der Waals surface area contributed by atoms with Gasteiger partial charge < -0.3 is 9.80 Å². The van der Waals surface area contributed by atoms with Crippen molar-refractivity contribution >= 4 is 28.9 Å². The fourth-order valence-electron chi connectivity index (χ4n) is 6.12. The second-order valence-corrected chi connectivity index (χ2v) is 12.2. The highest BCUT2D eigenvalue weighted by Crippen LogP contribution is 2.36. The Balaban J connectivity index is 1.33. The van der Waals surface area contributed by atoms with Crippen molar-refractivity contribution in [3.05, 3.63) is 99.0 Å². The molecule has 2 aliphatic heterocycles. The van der Waals surface area contributed by atoms with Crippen molar-refractivity contribution in [2.75, 3.05) is 58.3 Å². The Hall–Kier alpha value is -2.29. The van der Waals surface area contributed by atoms with Crippen molar-refractivity contribution in [2.45, 2.75) is 37.6 Å². The zero-order chi connectivity index (χ0) is 29.1. The number of benzene rings is 3. The molecule has 2 heterocycles. The standard InChI is InChI=1S/C32H37Cl2F3N4/c1-38(2)29-4-3-15-41(22-29)28-13-14-30(32(35,36)37)25(20-28)21-39-16-18-40(19-17-39)31(23-5-9-26(33)10-6-23)24-7-11-27(34)12-8-24/h5-14,20,29,31H,3-4,15-19,21-22H2,1-2H3. The number of anilines is 1. The third-order valence-corrected chi connectivity index (χ3v) is 8.93. The smallest absolute Gasteiger partial charge is 0.370 e. The molecule has 0 radical (unpaired) electrons. The minimum Gasteiger partial charge on any atom is -0.370 e. The number of rotatable bonds is 7. The first kappa shape index (κ1) is 30.2. The number of piperazine rings is 1. The lowest BCUT2D eigenvalue weighted by atomic mass is 9.96. The first-order valence-corrected chi connectivity index (χ1v) is 14.9. The van der Waals surface area contributed by atoms with Crippen LogP contribution in [-0.2, 0) is 12.7 Å². The van der Waals surface area contributed by atoms with E-state index in [-0.39, 0.29) is 12.6 Å². The maximum Gasteiger partial charge on any atom is 0.416 e. The number of hydrogen-bond donors (Lipinski definition) is 0. The summed E-state index contributed by atoms with van der Waals surface area (Å²) in [5.74, 6) is 0. The van der Waals surface area contributed by atoms with Crippen LogP contribution in [-0.4, -0.2) is 74.1 Å². The predicted molar refractivity (Wildman–Crippen MR) is 162 cm³/mol. The number of alkyl halides is 3. The molecule has 0 saturated carbocycles. The monoisotopic (exact) mass is 604 g/mol. The van der Waals surface area contributed by atoms with Gasteiger partial charge in [-0.25, -0.2) is 0 Å². The molecule has 0 spiro atoms. The SMILES string of the molecule is CN(C)C1CCCN(c2ccc(C(F)(F)F)c(CN3CCN(C(c4ccc(Cl)cc4)c4ccc(Cl)cc4)CC3)c2)C1. The molecule has 41 heavy (non-hydrogen) atoms. The Morgan fingerprint density at radius 3 is 1.95 bits per heavy atom. The number of piperidine rings is 1. The first-order chi connectivity index (χ1) is 19.6. The molecule has 1 atom stereocenters. The molecule has 4 nitrogen and oxygen atoms in total. The van der Waals surface area contributed by atoms with Gasteiger partial charge in [0.15, 0.2) is 0 Å². The van der Waals surface area contributed by atoms with E-state index in [4.69, 9.17) is 23.2 Å². The summed E-state index contributed by atoms with van der Waals surface area (Å²) in [5, 5.41) is 1.36. The Bertz CT molecular complexity index is 1240. The van der Waals surface area contributed by atoms with Crippen LogP contribution in [0.1, 0.15) is 41.1 Å². The molecule has 1 unspecified atom stereocenters. The molecule has 0 bridgehead atoms. The van der Waals surface area contributed by atoms with Crippen LogP contribution in [0, 0.1) is 0 Å². The van der Waals surface area contributed by atoms with Gasteiger partial charge in [-0.3, -0.25) is 9.80 Å². The van der Waals surface area contributed by atoms with Crippen molar-refractivity contribution in [3.8, 4) is 0 Å². The summed E-state index contributed by atoms with van der Waals surface area (Å²) in [4.78, 5) is 8.97. The van der Waals surface area contributed by atoms with Gasteiger partial charge in [0.2, 0.25) is 0 Å². The minimum atomic E-state index is -4.39. The lowest BCUT2D eigenvalue weighted by molar-refractivity contribution is -0.138. The van der Waals surface area contributed by atoms with Crippen LogP contribution in [0.5, 0.6) is 0 Å². The highest BCUT2D eigenvalue weighted by molar-refractivity contribution is 6.30. The second kappa shape index (κ2) is 12.9. The zero-order valence-electron chi connectivity index (χ0n) is 23.5. The normalized spacial score (nSPS) is 19.3. The van der Waals surface area contributed by atoms with Crippen LogP contribution in [0.3, 0.4) is 0 Å². The largest absolute Gasteiger partial charge is 0.416 e. The lowest BCUT2D eigenvalue weighted by Gasteiger charge is -2.40. The summed E-state index contributed by atoms with van der Waals surface area (Å²) in [6.07, 6.45) is -2.25. The van der Waals surface area contributed by atoms with Crippen LogP contribution in [0.4, 0.5) is 18.9 Å². The van der Waals surface area contributed by atoms with Gasteiger partial charge in [-0.1, -0.05) is 47.5 Å². The second-order valence-electron chi connectivity index (χ2n) is 11.4. The molecule has 2 fully saturated rings. The quantitative estimate of drug-likeness (QED) is 0.278. The predicted octanol–water partition coefficient (Wildman–Crippen LogP) is 7.45. The van der Waals surface area contributed by atoms with Gasteiger partial charge in [0, 0.05) is 67.6 Å². The maximum atomic E-state index is 14.1. The van der Waals surface area contributed by atoms with Crippen molar-refractivity contribution in [1.82, 2.24) is 14.7 Å². The number of nitrogens with zero attached hydrogens (tertiary/aromatic N) is 4. The molecular weight excluding hydrogens is 568 g/mol. The van der Waals surface area contributed by atoms with Gasteiger partial charge in [-0.05, 0) is 86.1 Å². The third kappa shape index (κ3) is 7.38. The fourth-order valence-corrected chi connectivity index (χ4v) is 6.37. The molecule has 3 aromatic carbocycles. The first-order valence-electron chi connectivity index (χ1n) is 14.2. The van der Waals surface area contributed by atoms with Gasteiger partial charge in [-0.2, -0.15) is 13.2 Å². The van der Waals surface area contributed by atoms with Gasteiger partial charge in [0.05, 0.1) is 11.6 Å². The molecule has 5 rings (SSSR count). The fraction of sp³-hybridized carbons (Fsp3) is 0.438. The summed E-state index contributed by atoms with van der Waals surface area (Å²) < 4.78 is 42.2. The molecule has 2 aliphatic rings. The summed E-state index contributed by atoms with van der Waals surface area (Å²) in [7, 11) is 4.13. The van der Waals surface area contributed by atoms with E-state index in [1.54, 1.807) is 12.1 Å². The lowest BCUT2D eigenvalue weighted by Crippen LogP contribution is -2.47. The zero-order valence-corrected chi connectivity index (χ0v) is 25.1. The van der Waals surface area contributed by atoms with E-state index in [1.807, 2.05) is 48.5 Å². The Kier molecular flexibility index (Phi) is 9.51. The Morgan fingerprint density at radius 1 is 0.829 bits per heavy atom. The van der Waals surface area contributed by atoms with Crippen molar-refractivity contribution < 1.29 is 13.2 Å². The van der Waals surface area contributed by atoms with Crippen molar-refractivity contribution in [3.63, 3.8) is 0 Å². The third-order valence-electron chi connectivity index (χ3n) is 8.42. The maximum absolute atomic E-state index is 14.1. The average molecular weight is 606 g/mol. The Morgan fingerprint density at radius 2 is 1.41 bits per heavy atom. The summed E-state index contributed by atoms with van der Waals surface area (Å²) in [6.45, 7) is 4.77. The number of halogens is 5. The molecule has 0 aliphatic carbocycles. The number of hydrogen-bond acceptors (Lipinski definition) is 4. The van der Waals surface area contributed by atoms with Crippen LogP contribution in [0.2, 0.25) is 10.0 Å². The van der Waals surface area contributed by atoms with E-state index in [9.17, 15) is 13.2 Å². The minimum absolute atomic E-state index is 0.00416. The summed E-state index contributed by atoms with van der Waals surface area (Å²) in [6, 6.07) is 20.8. The molecule has 0 N–H and O–H groups in total. The van der Waals surface area contributed by atoms with Crippen LogP contribution >= 0.6 is 23.2 Å². The van der Waals surface area contributed by atoms with Gasteiger partial charge >= 0.3 is 6.18 Å². The Labute approximate surface area is 251 Å². The topological polar surface area (TPSA) is 13.0 Å². The average Bonchev–Trinajstić information content (AvgIpc) is 2.95. The van der Waals surface area contributed by atoms with Gasteiger partial charge in [-0.15, -0.1) is 0 Å². The van der Waals surface area contributed by atoms with E-state index in [2.05, 4.69) is 33.7 Å². The molecule has 3 aromatic rings. The van der Waals surface area contributed by atoms with Crippen molar-refractivity contribution in [1.29, 1.82) is 0 Å². The van der Waals surface area contributed by atoms with Crippen LogP contribution in [0.15, 0.2) is 66.7 Å². The van der Waals surface area contributed by atoms with Crippen LogP contribution < -0.4 is 4.90 Å². The summed E-state index contributed by atoms with van der Waals surface area (Å²) >= 11 is 12.3. The molecular formula is C32H37Cl2F3N4. The molecule has 9 heteroatoms. The molecule has 0 amide bonds. The summed E-state index contributed by atoms with van der Waals surface area (Å²) in [5.41, 5.74) is 2.93. The van der Waals surface area contributed by atoms with E-state index in [0.717, 1.165) is 55.8 Å². The van der Waals surface area contributed by atoms with E-state index in [0.29, 0.717) is 34.7 Å². The van der Waals surface area contributed by atoms with E-state index >= 15 is 0 Å². The van der Waals surface area contributed by atoms with E-state index in [1.165, 1.54) is 6.07 Å². The molecule has 220 valence electrons. The van der Waals surface area contributed by atoms with Gasteiger partial charge in [0.25, 0.3) is 0 Å². The molecule has 0 aromatic heterocycles. The highest BCUT2D eigenvalue weighted by Gasteiger charge is 2.35. The number of likely N-dealkylation sites (N-methyl/N-ethyl adjacent to an activating group) is 1. The molecule has 2 saturated heterocycles. The van der Waals surface area contributed by atoms with Crippen LogP contribution in [0.25, 0.3) is 0 Å². The van der Waals surface area contributed by atoms with Gasteiger partial charge in [0.1, 0.15) is 0 Å². The van der Waals surface area contributed by atoms with E-state index < -0.39 is 11.7 Å². The van der Waals surface area contributed by atoms with Crippen molar-refractivity contribution in [2.24, 2.45) is 0 Å².